The van der Waals surface area contributed by atoms with Gasteiger partial charge in [0, 0.05) is 41.9 Å². The van der Waals surface area contributed by atoms with Gasteiger partial charge in [-0.25, -0.2) is 0 Å². The molecule has 0 radical (unpaired) electrons. The van der Waals surface area contributed by atoms with E-state index in [-0.39, 0.29) is 16.9 Å². The summed E-state index contributed by atoms with van der Waals surface area (Å²) in [5.74, 6) is -0.466. The number of aromatic nitrogens is 1. The van der Waals surface area contributed by atoms with E-state index < -0.39 is 5.91 Å². The van der Waals surface area contributed by atoms with Crippen LogP contribution in [0.4, 0.5) is 11.4 Å². The summed E-state index contributed by atoms with van der Waals surface area (Å²) >= 11 is 0. The number of hydrogen-bond acceptors (Lipinski definition) is 3. The third-order valence-corrected chi connectivity index (χ3v) is 6.37. The number of nitrogens with zero attached hydrogens (tertiary/aromatic N) is 1. The lowest BCUT2D eigenvalue weighted by Crippen LogP contribution is -2.30. The normalized spacial score (nSPS) is 15.2. The highest BCUT2D eigenvalue weighted by Gasteiger charge is 2.18. The molecule has 0 aliphatic carbocycles. The standard InChI is InChI=1S/C27H31N3O3/c1-19(31)30-16-10-6-4-2-3-5-7-11-20-14-15-21(17-25(20)30)29-27(33)23-18-28-24-13-9-8-12-22(24)26(23)32/h8-9,12-15,17-18H,2-7,10-11,16H2,1H3,(H,28,32)(H,29,33). The molecule has 0 unspecified atom stereocenters. The van der Waals surface area contributed by atoms with E-state index in [0.29, 0.717) is 23.1 Å². The molecular weight excluding hydrogens is 414 g/mol. The van der Waals surface area contributed by atoms with Crippen LogP contribution in [0.25, 0.3) is 10.9 Å². The summed E-state index contributed by atoms with van der Waals surface area (Å²) < 4.78 is 0. The first-order chi connectivity index (χ1) is 16.0. The van der Waals surface area contributed by atoms with E-state index in [1.807, 2.05) is 29.2 Å². The minimum absolute atomic E-state index is 0.00256. The highest BCUT2D eigenvalue weighted by molar-refractivity contribution is 6.06. The lowest BCUT2D eigenvalue weighted by Gasteiger charge is -2.25. The zero-order valence-corrected chi connectivity index (χ0v) is 19.2. The molecule has 1 aromatic heterocycles. The second-order valence-corrected chi connectivity index (χ2v) is 8.77. The Bertz CT molecular complexity index is 1210. The Morgan fingerprint density at radius 1 is 0.939 bits per heavy atom. The number of H-pyrrole nitrogens is 1. The monoisotopic (exact) mass is 445 g/mol. The first-order valence-electron chi connectivity index (χ1n) is 11.9. The Hall–Kier alpha value is -3.41. The van der Waals surface area contributed by atoms with Crippen LogP contribution < -0.4 is 15.6 Å². The average molecular weight is 446 g/mol. The number of carbonyl (C=O) groups excluding carboxylic acids is 2. The van der Waals surface area contributed by atoms with Gasteiger partial charge in [-0.1, -0.05) is 50.3 Å². The summed E-state index contributed by atoms with van der Waals surface area (Å²) in [5, 5.41) is 3.34. The van der Waals surface area contributed by atoms with Crippen LogP contribution in [0.5, 0.6) is 0 Å². The molecule has 2 amide bonds. The van der Waals surface area contributed by atoms with Gasteiger partial charge in [-0.3, -0.25) is 14.4 Å². The van der Waals surface area contributed by atoms with Crippen LogP contribution in [0.15, 0.2) is 53.5 Å². The van der Waals surface area contributed by atoms with Crippen molar-refractivity contribution in [3.63, 3.8) is 0 Å². The Morgan fingerprint density at radius 2 is 1.67 bits per heavy atom. The van der Waals surface area contributed by atoms with Gasteiger partial charge in [0.25, 0.3) is 5.91 Å². The molecule has 1 aliphatic heterocycles. The van der Waals surface area contributed by atoms with Crippen LogP contribution in [0.3, 0.4) is 0 Å². The highest BCUT2D eigenvalue weighted by atomic mass is 16.2. The lowest BCUT2D eigenvalue weighted by molar-refractivity contribution is -0.116. The molecule has 2 aromatic carbocycles. The number of fused-ring (bicyclic) bond motifs is 2. The lowest BCUT2D eigenvalue weighted by atomic mass is 10.0. The third-order valence-electron chi connectivity index (χ3n) is 6.37. The number of para-hydroxylation sites is 1. The topological polar surface area (TPSA) is 82.3 Å². The van der Waals surface area contributed by atoms with Crippen LogP contribution in [-0.2, 0) is 11.2 Å². The van der Waals surface area contributed by atoms with Crippen LogP contribution in [-0.4, -0.2) is 23.3 Å². The Balaban J connectivity index is 1.63. The molecule has 2 heterocycles. The maximum atomic E-state index is 13.0. The molecule has 33 heavy (non-hydrogen) atoms. The molecule has 6 nitrogen and oxygen atoms in total. The quantitative estimate of drug-likeness (QED) is 0.552. The van der Waals surface area contributed by atoms with Crippen molar-refractivity contribution in [1.82, 2.24) is 4.98 Å². The smallest absolute Gasteiger partial charge is 0.261 e. The fourth-order valence-corrected chi connectivity index (χ4v) is 4.56. The second-order valence-electron chi connectivity index (χ2n) is 8.77. The van der Waals surface area contributed by atoms with Crippen molar-refractivity contribution >= 4 is 34.1 Å². The van der Waals surface area contributed by atoms with E-state index in [2.05, 4.69) is 10.3 Å². The zero-order chi connectivity index (χ0) is 23.2. The third kappa shape index (κ3) is 5.33. The summed E-state index contributed by atoms with van der Waals surface area (Å²) in [6.07, 6.45) is 10.4. The molecule has 6 heteroatoms. The Kier molecular flexibility index (Phi) is 7.23. The van der Waals surface area contributed by atoms with Crippen molar-refractivity contribution in [1.29, 1.82) is 0 Å². The molecule has 2 N–H and O–H groups in total. The molecule has 4 rings (SSSR count). The van der Waals surface area contributed by atoms with Gasteiger partial charge in [-0.15, -0.1) is 0 Å². The number of aromatic amines is 1. The largest absolute Gasteiger partial charge is 0.360 e. The molecule has 0 fully saturated rings. The first-order valence-corrected chi connectivity index (χ1v) is 11.9. The fourth-order valence-electron chi connectivity index (χ4n) is 4.56. The predicted molar refractivity (Wildman–Crippen MR) is 133 cm³/mol. The van der Waals surface area contributed by atoms with Crippen molar-refractivity contribution in [3.05, 3.63) is 70.0 Å². The van der Waals surface area contributed by atoms with Gasteiger partial charge in [0.1, 0.15) is 5.56 Å². The molecule has 0 bridgehead atoms. The van der Waals surface area contributed by atoms with Gasteiger partial charge in [-0.05, 0) is 49.1 Å². The van der Waals surface area contributed by atoms with Crippen molar-refractivity contribution < 1.29 is 9.59 Å². The van der Waals surface area contributed by atoms with Crippen molar-refractivity contribution in [2.75, 3.05) is 16.8 Å². The van der Waals surface area contributed by atoms with Gasteiger partial charge in [0.2, 0.25) is 11.3 Å². The van der Waals surface area contributed by atoms with E-state index in [4.69, 9.17) is 0 Å². The number of carbonyl (C=O) groups is 2. The van der Waals surface area contributed by atoms with Crippen molar-refractivity contribution in [2.24, 2.45) is 0 Å². The maximum absolute atomic E-state index is 13.0. The van der Waals surface area contributed by atoms with Crippen LogP contribution in [0.1, 0.15) is 67.8 Å². The minimum atomic E-state index is -0.468. The van der Waals surface area contributed by atoms with E-state index >= 15 is 0 Å². The molecule has 0 saturated carbocycles. The molecule has 0 saturated heterocycles. The van der Waals surface area contributed by atoms with Gasteiger partial charge in [0.15, 0.2) is 0 Å². The number of pyridine rings is 1. The number of rotatable bonds is 2. The average Bonchev–Trinajstić information content (AvgIpc) is 2.80. The fraction of sp³-hybridized carbons (Fsp3) is 0.370. The molecule has 1 aliphatic rings. The van der Waals surface area contributed by atoms with E-state index in [0.717, 1.165) is 36.9 Å². The van der Waals surface area contributed by atoms with E-state index in [1.54, 1.807) is 25.1 Å². The SMILES string of the molecule is CC(=O)N1CCCCCCCCCc2ccc(NC(=O)c3c[nH]c4ccccc4c3=O)cc21. The summed E-state index contributed by atoms with van der Waals surface area (Å²) in [7, 11) is 0. The number of amides is 2. The molecule has 172 valence electrons. The van der Waals surface area contributed by atoms with Gasteiger partial charge in [-0.2, -0.15) is 0 Å². The molecular formula is C27H31N3O3. The van der Waals surface area contributed by atoms with Gasteiger partial charge >= 0.3 is 0 Å². The number of benzene rings is 2. The Morgan fingerprint density at radius 3 is 2.45 bits per heavy atom. The first kappa shape index (κ1) is 22.8. The van der Waals surface area contributed by atoms with E-state index in [1.165, 1.54) is 31.9 Å². The van der Waals surface area contributed by atoms with E-state index in [9.17, 15) is 14.4 Å². The molecule has 0 spiro atoms. The van der Waals surface area contributed by atoms with Crippen LogP contribution >= 0.6 is 0 Å². The van der Waals surface area contributed by atoms with Crippen molar-refractivity contribution in [3.8, 4) is 0 Å². The minimum Gasteiger partial charge on any atom is -0.360 e. The van der Waals surface area contributed by atoms with Crippen LogP contribution in [0.2, 0.25) is 0 Å². The number of anilines is 2. The maximum Gasteiger partial charge on any atom is 0.261 e. The summed E-state index contributed by atoms with van der Waals surface area (Å²) in [4.78, 5) is 43.1. The second kappa shape index (κ2) is 10.5. The predicted octanol–water partition coefficient (Wildman–Crippen LogP) is 5.42. The highest BCUT2D eigenvalue weighted by Crippen LogP contribution is 2.28. The summed E-state index contributed by atoms with van der Waals surface area (Å²) in [6, 6.07) is 12.9. The summed E-state index contributed by atoms with van der Waals surface area (Å²) in [5.41, 5.74) is 2.99. The van der Waals surface area contributed by atoms with Crippen molar-refractivity contribution in [2.45, 2.75) is 58.3 Å². The molecule has 0 atom stereocenters. The number of aryl methyl sites for hydroxylation is 1. The summed E-state index contributed by atoms with van der Waals surface area (Å²) in [6.45, 7) is 2.26. The number of nitrogens with one attached hydrogen (secondary N) is 2. The van der Waals surface area contributed by atoms with Gasteiger partial charge < -0.3 is 15.2 Å². The zero-order valence-electron chi connectivity index (χ0n) is 19.2. The van der Waals surface area contributed by atoms with Crippen LogP contribution in [0, 0.1) is 0 Å². The van der Waals surface area contributed by atoms with Gasteiger partial charge in [0.05, 0.1) is 0 Å². The Labute approximate surface area is 194 Å². The number of hydrogen-bond donors (Lipinski definition) is 2. The molecule has 3 aromatic rings.